The minimum absolute atomic E-state index is 0.117. The fraction of sp³-hybridized carbons (Fsp3) is 0.636. The van der Waals surface area contributed by atoms with Gasteiger partial charge in [0, 0.05) is 19.5 Å². The highest BCUT2D eigenvalue weighted by atomic mass is 16.5. The number of carbonyl (C=O) groups excluding carboxylic acids is 1. The molecule has 1 aliphatic heterocycles. The van der Waals surface area contributed by atoms with Crippen molar-refractivity contribution in [1.82, 2.24) is 4.90 Å². The van der Waals surface area contributed by atoms with Crippen LogP contribution in [0, 0.1) is 12.3 Å². The summed E-state index contributed by atoms with van der Waals surface area (Å²) in [6.07, 6.45) is 4.68. The van der Waals surface area contributed by atoms with Gasteiger partial charge in [-0.1, -0.05) is 0 Å². The molecule has 94 valence electrons. The van der Waals surface area contributed by atoms with Crippen molar-refractivity contribution in [2.24, 2.45) is 5.73 Å². The van der Waals surface area contributed by atoms with E-state index in [4.69, 9.17) is 22.0 Å². The van der Waals surface area contributed by atoms with Crippen LogP contribution in [0.15, 0.2) is 0 Å². The van der Waals surface area contributed by atoms with Crippen molar-refractivity contribution in [3.63, 3.8) is 0 Å². The number of carbonyl (C=O) groups is 2. The molecule has 0 bridgehead atoms. The Balaban J connectivity index is 2.51. The number of amides is 1. The lowest BCUT2D eigenvalue weighted by molar-refractivity contribution is -0.148. The number of ether oxygens (including phenoxy) is 1. The van der Waals surface area contributed by atoms with Gasteiger partial charge in [0.2, 0.25) is 5.91 Å². The SMILES string of the molecule is C#CCC(N)C(=O)N1CCOC(CC(=O)O)C1. The molecule has 0 radical (unpaired) electrons. The zero-order valence-corrected chi connectivity index (χ0v) is 9.46. The van der Waals surface area contributed by atoms with Gasteiger partial charge in [-0.25, -0.2) is 0 Å². The maximum Gasteiger partial charge on any atom is 0.306 e. The van der Waals surface area contributed by atoms with Crippen LogP contribution in [-0.2, 0) is 14.3 Å². The number of hydrogen-bond acceptors (Lipinski definition) is 4. The topological polar surface area (TPSA) is 92.9 Å². The molecule has 6 heteroatoms. The van der Waals surface area contributed by atoms with E-state index in [1.807, 2.05) is 0 Å². The molecule has 1 rings (SSSR count). The lowest BCUT2D eigenvalue weighted by Gasteiger charge is -2.33. The van der Waals surface area contributed by atoms with Crippen LogP contribution in [0.4, 0.5) is 0 Å². The van der Waals surface area contributed by atoms with Crippen LogP contribution in [0.25, 0.3) is 0 Å². The molecule has 1 fully saturated rings. The number of morpholine rings is 1. The molecular formula is C11H16N2O4. The third kappa shape index (κ3) is 4.06. The summed E-state index contributed by atoms with van der Waals surface area (Å²) < 4.78 is 5.25. The van der Waals surface area contributed by atoms with Crippen molar-refractivity contribution in [1.29, 1.82) is 0 Å². The van der Waals surface area contributed by atoms with E-state index in [1.54, 1.807) is 0 Å². The zero-order valence-electron chi connectivity index (χ0n) is 9.46. The quantitative estimate of drug-likeness (QED) is 0.617. The Hall–Kier alpha value is -1.58. The van der Waals surface area contributed by atoms with Crippen molar-refractivity contribution in [2.75, 3.05) is 19.7 Å². The van der Waals surface area contributed by atoms with Crippen molar-refractivity contribution in [3.8, 4) is 12.3 Å². The molecule has 0 aromatic carbocycles. The standard InChI is InChI=1S/C11H16N2O4/c1-2-3-9(12)11(16)13-4-5-17-8(7-13)6-10(14)15/h1,8-9H,3-7,12H2,(H,14,15). The molecule has 1 heterocycles. The van der Waals surface area contributed by atoms with Crippen molar-refractivity contribution in [3.05, 3.63) is 0 Å². The number of aliphatic carboxylic acids is 1. The van der Waals surface area contributed by atoms with Crippen molar-refractivity contribution in [2.45, 2.75) is 25.0 Å². The Morgan fingerprint density at radius 1 is 1.65 bits per heavy atom. The smallest absolute Gasteiger partial charge is 0.306 e. The maximum absolute atomic E-state index is 11.8. The van der Waals surface area contributed by atoms with E-state index in [9.17, 15) is 9.59 Å². The fourth-order valence-corrected chi connectivity index (χ4v) is 1.69. The molecule has 1 aliphatic rings. The van der Waals surface area contributed by atoms with Crippen molar-refractivity contribution >= 4 is 11.9 Å². The number of nitrogens with zero attached hydrogens (tertiary/aromatic N) is 1. The van der Waals surface area contributed by atoms with Gasteiger partial charge in [0.15, 0.2) is 0 Å². The number of terminal acetylenes is 1. The second-order valence-corrected chi connectivity index (χ2v) is 3.89. The van der Waals surface area contributed by atoms with Crippen LogP contribution in [-0.4, -0.2) is 53.7 Å². The Bertz CT molecular complexity index is 337. The molecule has 0 aliphatic carbocycles. The summed E-state index contributed by atoms with van der Waals surface area (Å²) in [4.78, 5) is 23.9. The number of carboxylic acid groups (broad SMARTS) is 1. The average Bonchev–Trinajstić information content (AvgIpc) is 2.28. The number of hydrogen-bond donors (Lipinski definition) is 2. The van der Waals surface area contributed by atoms with Gasteiger partial charge in [-0.3, -0.25) is 9.59 Å². The van der Waals surface area contributed by atoms with Crippen LogP contribution in [0.3, 0.4) is 0 Å². The molecule has 0 aromatic rings. The highest BCUT2D eigenvalue weighted by Gasteiger charge is 2.28. The lowest BCUT2D eigenvalue weighted by atomic mass is 10.1. The third-order valence-electron chi connectivity index (χ3n) is 2.51. The average molecular weight is 240 g/mol. The summed E-state index contributed by atoms with van der Waals surface area (Å²) >= 11 is 0. The molecule has 0 aromatic heterocycles. The Morgan fingerprint density at radius 3 is 2.94 bits per heavy atom. The Morgan fingerprint density at radius 2 is 2.35 bits per heavy atom. The monoisotopic (exact) mass is 240 g/mol. The van der Waals surface area contributed by atoms with E-state index in [0.29, 0.717) is 13.2 Å². The number of rotatable bonds is 4. The third-order valence-corrected chi connectivity index (χ3v) is 2.51. The van der Waals surface area contributed by atoms with Crippen LogP contribution >= 0.6 is 0 Å². The van der Waals surface area contributed by atoms with E-state index in [2.05, 4.69) is 5.92 Å². The van der Waals surface area contributed by atoms with E-state index in [1.165, 1.54) is 4.90 Å². The van der Waals surface area contributed by atoms with Crippen LogP contribution in [0.2, 0.25) is 0 Å². The number of nitrogens with two attached hydrogens (primary N) is 1. The first-order chi connectivity index (χ1) is 8.04. The molecular weight excluding hydrogens is 224 g/mol. The van der Waals surface area contributed by atoms with Gasteiger partial charge >= 0.3 is 5.97 Å². The first-order valence-corrected chi connectivity index (χ1v) is 5.35. The van der Waals surface area contributed by atoms with Gasteiger partial charge in [0.25, 0.3) is 0 Å². The molecule has 0 spiro atoms. The van der Waals surface area contributed by atoms with E-state index >= 15 is 0 Å². The largest absolute Gasteiger partial charge is 0.481 e. The van der Waals surface area contributed by atoms with E-state index in [-0.39, 0.29) is 25.3 Å². The van der Waals surface area contributed by atoms with E-state index < -0.39 is 18.1 Å². The summed E-state index contributed by atoms with van der Waals surface area (Å²) in [5.41, 5.74) is 5.61. The summed E-state index contributed by atoms with van der Waals surface area (Å²) in [5.74, 6) is 1.14. The summed E-state index contributed by atoms with van der Waals surface area (Å²) in [7, 11) is 0. The second kappa shape index (κ2) is 6.23. The number of carboxylic acids is 1. The lowest BCUT2D eigenvalue weighted by Crippen LogP contribution is -2.51. The highest BCUT2D eigenvalue weighted by molar-refractivity contribution is 5.82. The molecule has 0 saturated carbocycles. The van der Waals surface area contributed by atoms with Crippen LogP contribution in [0.5, 0.6) is 0 Å². The predicted molar refractivity (Wildman–Crippen MR) is 60.0 cm³/mol. The molecule has 1 saturated heterocycles. The van der Waals surface area contributed by atoms with E-state index in [0.717, 1.165) is 0 Å². The molecule has 2 atom stereocenters. The fourth-order valence-electron chi connectivity index (χ4n) is 1.69. The Kier molecular flexibility index (Phi) is 4.94. The normalized spacial score (nSPS) is 21.6. The second-order valence-electron chi connectivity index (χ2n) is 3.89. The highest BCUT2D eigenvalue weighted by Crippen LogP contribution is 2.10. The minimum Gasteiger partial charge on any atom is -0.481 e. The molecule has 17 heavy (non-hydrogen) atoms. The molecule has 3 N–H and O–H groups in total. The first-order valence-electron chi connectivity index (χ1n) is 5.35. The van der Waals surface area contributed by atoms with Gasteiger partial charge in [-0.2, -0.15) is 0 Å². The van der Waals surface area contributed by atoms with Gasteiger partial charge in [0.1, 0.15) is 0 Å². The Labute approximate surface area is 99.7 Å². The zero-order chi connectivity index (χ0) is 12.8. The van der Waals surface area contributed by atoms with Gasteiger partial charge in [-0.05, 0) is 0 Å². The van der Waals surface area contributed by atoms with Gasteiger partial charge in [0.05, 0.1) is 25.2 Å². The van der Waals surface area contributed by atoms with Crippen LogP contribution < -0.4 is 5.73 Å². The van der Waals surface area contributed by atoms with Gasteiger partial charge < -0.3 is 20.5 Å². The van der Waals surface area contributed by atoms with Crippen molar-refractivity contribution < 1.29 is 19.4 Å². The predicted octanol–water partition coefficient (Wildman–Crippen LogP) is -0.961. The summed E-state index contributed by atoms with van der Waals surface area (Å²) in [6, 6.07) is -0.719. The first kappa shape index (κ1) is 13.5. The minimum atomic E-state index is -0.947. The molecule has 6 nitrogen and oxygen atoms in total. The maximum atomic E-state index is 11.8. The summed E-state index contributed by atoms with van der Waals surface area (Å²) in [6.45, 7) is 1.00. The van der Waals surface area contributed by atoms with Crippen LogP contribution in [0.1, 0.15) is 12.8 Å². The molecule has 2 unspecified atom stereocenters. The summed E-state index contributed by atoms with van der Waals surface area (Å²) in [5, 5.41) is 8.65. The molecule has 1 amide bonds. The van der Waals surface area contributed by atoms with Gasteiger partial charge in [-0.15, -0.1) is 12.3 Å².